The molecule has 0 unspecified atom stereocenters. The van der Waals surface area contributed by atoms with E-state index in [4.69, 9.17) is 9.47 Å². The number of thiophene rings is 1. The second-order valence-electron chi connectivity index (χ2n) is 5.75. The van der Waals surface area contributed by atoms with Crippen molar-refractivity contribution in [2.45, 2.75) is 25.7 Å². The second kappa shape index (κ2) is 8.05. The number of ether oxygens (including phenoxy) is 2. The van der Waals surface area contributed by atoms with Crippen LogP contribution in [0.3, 0.4) is 0 Å². The normalized spacial score (nSPS) is 13.3. The Morgan fingerprint density at radius 2 is 2.08 bits per heavy atom. The van der Waals surface area contributed by atoms with Crippen molar-refractivity contribution in [1.82, 2.24) is 4.98 Å². The largest absolute Gasteiger partial charge is 0.462 e. The maximum atomic E-state index is 12.3. The van der Waals surface area contributed by atoms with Crippen molar-refractivity contribution in [3.63, 3.8) is 0 Å². The summed E-state index contributed by atoms with van der Waals surface area (Å²) < 4.78 is 10.8. The molecule has 3 rings (SSSR count). The van der Waals surface area contributed by atoms with Crippen LogP contribution in [0.5, 0.6) is 0 Å². The van der Waals surface area contributed by atoms with Gasteiger partial charge in [0.15, 0.2) is 6.61 Å². The maximum absolute atomic E-state index is 12.3. The van der Waals surface area contributed by atoms with Crippen molar-refractivity contribution in [3.8, 4) is 0 Å². The van der Waals surface area contributed by atoms with Gasteiger partial charge in [0.25, 0.3) is 5.91 Å². The predicted molar refractivity (Wildman–Crippen MR) is 99.7 cm³/mol. The number of carbonyl (C=O) groups excluding carboxylic acids is 3. The minimum absolute atomic E-state index is 0.240. The Balaban J connectivity index is 1.63. The molecule has 138 valence electrons. The second-order valence-corrected chi connectivity index (χ2v) is 7.54. The Morgan fingerprint density at radius 1 is 1.31 bits per heavy atom. The van der Waals surface area contributed by atoms with E-state index in [9.17, 15) is 14.4 Å². The van der Waals surface area contributed by atoms with Gasteiger partial charge in [0.2, 0.25) is 0 Å². The molecule has 0 bridgehead atoms. The minimum Gasteiger partial charge on any atom is -0.462 e. The van der Waals surface area contributed by atoms with Gasteiger partial charge in [-0.2, -0.15) is 0 Å². The van der Waals surface area contributed by atoms with Crippen LogP contribution in [0, 0.1) is 0 Å². The summed E-state index contributed by atoms with van der Waals surface area (Å²) in [6.07, 6.45) is 3.65. The number of carbonyl (C=O) groups is 3. The molecule has 9 heteroatoms. The molecule has 0 aromatic carbocycles. The Kier molecular flexibility index (Phi) is 5.77. The molecule has 1 aliphatic rings. The highest BCUT2D eigenvalue weighted by Crippen LogP contribution is 2.46. The number of anilines is 1. The van der Waals surface area contributed by atoms with Crippen molar-refractivity contribution < 1.29 is 23.9 Å². The van der Waals surface area contributed by atoms with E-state index in [-0.39, 0.29) is 12.3 Å². The Morgan fingerprint density at radius 3 is 2.69 bits per heavy atom. The number of hydrogen-bond donors (Lipinski definition) is 2. The molecule has 7 nitrogen and oxygen atoms in total. The fourth-order valence-corrected chi connectivity index (χ4v) is 3.82. The average Bonchev–Trinajstić information content (AvgIpc) is 3.23. The molecule has 0 aliphatic heterocycles. The van der Waals surface area contributed by atoms with Gasteiger partial charge >= 0.3 is 11.9 Å². The van der Waals surface area contributed by atoms with E-state index in [1.807, 2.05) is 5.38 Å². The Hall–Kier alpha value is -2.13. The zero-order valence-corrected chi connectivity index (χ0v) is 16.4. The number of hydrogen-bond acceptors (Lipinski definition) is 6. The molecule has 2 aromatic heterocycles. The quantitative estimate of drug-likeness (QED) is 0.639. The SMILES string of the molecule is CCOC(=O)c1c(C2CC2)csc1NC(=O)COC(=O)c1cc(Br)c[nH]1. The zero-order valence-electron chi connectivity index (χ0n) is 14.0. The van der Waals surface area contributed by atoms with Gasteiger partial charge in [-0.05, 0) is 58.6 Å². The van der Waals surface area contributed by atoms with Crippen molar-refractivity contribution in [3.05, 3.63) is 38.9 Å². The van der Waals surface area contributed by atoms with Crippen LogP contribution < -0.4 is 5.32 Å². The van der Waals surface area contributed by atoms with Crippen LogP contribution in [0.4, 0.5) is 5.00 Å². The average molecular weight is 441 g/mol. The number of aromatic nitrogens is 1. The highest BCUT2D eigenvalue weighted by atomic mass is 79.9. The van der Waals surface area contributed by atoms with Crippen molar-refractivity contribution in [2.75, 3.05) is 18.5 Å². The monoisotopic (exact) mass is 440 g/mol. The number of H-pyrrole nitrogens is 1. The van der Waals surface area contributed by atoms with E-state index < -0.39 is 24.5 Å². The molecule has 0 saturated heterocycles. The van der Waals surface area contributed by atoms with Crippen LogP contribution in [-0.4, -0.2) is 36.0 Å². The molecule has 1 aliphatic carbocycles. The van der Waals surface area contributed by atoms with Crippen molar-refractivity contribution >= 4 is 50.1 Å². The van der Waals surface area contributed by atoms with E-state index in [0.29, 0.717) is 21.0 Å². The summed E-state index contributed by atoms with van der Waals surface area (Å²) in [6.45, 7) is 1.54. The van der Waals surface area contributed by atoms with Crippen LogP contribution >= 0.6 is 27.3 Å². The first-order valence-corrected chi connectivity index (χ1v) is 9.76. The molecule has 0 radical (unpaired) electrons. The summed E-state index contributed by atoms with van der Waals surface area (Å²) in [4.78, 5) is 39.0. The van der Waals surface area contributed by atoms with E-state index in [1.54, 1.807) is 19.2 Å². The number of rotatable bonds is 7. The molecular formula is C17H17BrN2O5S. The van der Waals surface area contributed by atoms with Gasteiger partial charge in [0.1, 0.15) is 10.7 Å². The number of halogens is 1. The van der Waals surface area contributed by atoms with Gasteiger partial charge in [0, 0.05) is 10.7 Å². The van der Waals surface area contributed by atoms with Crippen LogP contribution in [0.25, 0.3) is 0 Å². The fourth-order valence-electron chi connectivity index (χ4n) is 2.43. The molecule has 1 fully saturated rings. The number of nitrogens with one attached hydrogen (secondary N) is 2. The van der Waals surface area contributed by atoms with Gasteiger partial charge in [-0.15, -0.1) is 11.3 Å². The van der Waals surface area contributed by atoms with Crippen molar-refractivity contribution in [1.29, 1.82) is 0 Å². The molecule has 0 atom stereocenters. The Bertz CT molecular complexity index is 840. The van der Waals surface area contributed by atoms with Gasteiger partial charge in [-0.1, -0.05) is 0 Å². The van der Waals surface area contributed by atoms with Gasteiger partial charge in [-0.25, -0.2) is 9.59 Å². The zero-order chi connectivity index (χ0) is 18.7. The van der Waals surface area contributed by atoms with Crippen LogP contribution in [-0.2, 0) is 14.3 Å². The predicted octanol–water partition coefficient (Wildman–Crippen LogP) is 3.69. The standard InChI is InChI=1S/C17H17BrN2O5S/c1-2-24-17(23)14-11(9-3-4-9)8-26-15(14)20-13(21)7-25-16(22)12-5-10(18)6-19-12/h5-6,8-9,19H,2-4,7H2,1H3,(H,20,21). The lowest BCUT2D eigenvalue weighted by atomic mass is 10.1. The summed E-state index contributed by atoms with van der Waals surface area (Å²) in [7, 11) is 0. The first-order chi connectivity index (χ1) is 12.5. The topological polar surface area (TPSA) is 97.5 Å². The van der Waals surface area contributed by atoms with E-state index in [0.717, 1.165) is 18.4 Å². The van der Waals surface area contributed by atoms with Crippen LogP contribution in [0.2, 0.25) is 0 Å². The minimum atomic E-state index is -0.638. The van der Waals surface area contributed by atoms with Gasteiger partial charge in [-0.3, -0.25) is 4.79 Å². The number of aromatic amines is 1. The van der Waals surface area contributed by atoms with Gasteiger partial charge in [0.05, 0.1) is 12.2 Å². The molecule has 1 amide bonds. The highest BCUT2D eigenvalue weighted by molar-refractivity contribution is 9.10. The fraction of sp³-hybridized carbons (Fsp3) is 0.353. The molecule has 2 aromatic rings. The lowest BCUT2D eigenvalue weighted by Crippen LogP contribution is -2.22. The number of amides is 1. The molecule has 1 saturated carbocycles. The van der Waals surface area contributed by atoms with Gasteiger partial charge < -0.3 is 19.8 Å². The first-order valence-electron chi connectivity index (χ1n) is 8.09. The van der Waals surface area contributed by atoms with E-state index >= 15 is 0 Å². The summed E-state index contributed by atoms with van der Waals surface area (Å²) in [5.74, 6) is -1.25. The maximum Gasteiger partial charge on any atom is 0.355 e. The third-order valence-corrected chi connectivity index (χ3v) is 5.14. The molecular weight excluding hydrogens is 424 g/mol. The summed E-state index contributed by atoms with van der Waals surface area (Å²) in [5.41, 5.74) is 1.56. The van der Waals surface area contributed by atoms with Crippen LogP contribution in [0.1, 0.15) is 52.1 Å². The van der Waals surface area contributed by atoms with Crippen LogP contribution in [0.15, 0.2) is 22.1 Å². The third kappa shape index (κ3) is 4.34. The number of esters is 2. The summed E-state index contributed by atoms with van der Waals surface area (Å²) in [6, 6.07) is 1.56. The smallest absolute Gasteiger partial charge is 0.355 e. The lowest BCUT2D eigenvalue weighted by molar-refractivity contribution is -0.119. The summed E-state index contributed by atoms with van der Waals surface area (Å²) >= 11 is 4.49. The molecule has 2 N–H and O–H groups in total. The van der Waals surface area contributed by atoms with E-state index in [2.05, 4.69) is 26.2 Å². The highest BCUT2D eigenvalue weighted by Gasteiger charge is 2.32. The summed E-state index contributed by atoms with van der Waals surface area (Å²) in [5, 5.41) is 4.95. The Labute approximate surface area is 162 Å². The molecule has 2 heterocycles. The van der Waals surface area contributed by atoms with Crippen molar-refractivity contribution in [2.24, 2.45) is 0 Å². The lowest BCUT2D eigenvalue weighted by Gasteiger charge is -2.08. The third-order valence-electron chi connectivity index (χ3n) is 3.77. The molecule has 26 heavy (non-hydrogen) atoms. The van der Waals surface area contributed by atoms with E-state index in [1.165, 1.54) is 11.3 Å². The molecule has 0 spiro atoms. The first kappa shape index (κ1) is 18.7.